The fourth-order valence-corrected chi connectivity index (χ4v) is 2.49. The Bertz CT molecular complexity index is 1070. The Morgan fingerprint density at radius 1 is 1.22 bits per heavy atom. The van der Waals surface area contributed by atoms with Crippen molar-refractivity contribution in [1.29, 1.82) is 0 Å². The molecule has 2 aromatic heterocycles. The van der Waals surface area contributed by atoms with E-state index >= 15 is 0 Å². The van der Waals surface area contributed by atoms with Gasteiger partial charge in [0.25, 0.3) is 5.91 Å². The number of rotatable bonds is 5. The van der Waals surface area contributed by atoms with Gasteiger partial charge in [0.15, 0.2) is 17.3 Å². The molecule has 1 aromatic carbocycles. The molecule has 12 nitrogen and oxygen atoms in total. The minimum atomic E-state index is -0.736. The molecule has 27 heavy (non-hydrogen) atoms. The normalized spacial score (nSPS) is 11.6. The Labute approximate surface area is 155 Å². The molecular weight excluding hydrogens is 374 g/mol. The van der Waals surface area contributed by atoms with E-state index in [1.165, 1.54) is 30.1 Å². The summed E-state index contributed by atoms with van der Waals surface area (Å²) in [5.74, 6) is -0.908. The first-order valence-corrected chi connectivity index (χ1v) is 8.14. The van der Waals surface area contributed by atoms with Crippen molar-refractivity contribution in [2.75, 3.05) is 0 Å². The van der Waals surface area contributed by atoms with Crippen molar-refractivity contribution in [3.8, 4) is 11.5 Å². The number of carbonyl (C=O) groups is 1. The van der Waals surface area contributed by atoms with Crippen LogP contribution in [0.1, 0.15) is 16.2 Å². The first-order chi connectivity index (χ1) is 12.9. The van der Waals surface area contributed by atoms with Crippen LogP contribution in [0.5, 0.6) is 11.5 Å². The molecule has 0 aliphatic rings. The third-order valence-electron chi connectivity index (χ3n) is 3.29. The summed E-state index contributed by atoms with van der Waals surface area (Å²) in [4.78, 5) is 15.4. The van der Waals surface area contributed by atoms with Gasteiger partial charge < -0.3 is 15.9 Å². The van der Waals surface area contributed by atoms with Gasteiger partial charge in [0.05, 0.1) is 6.20 Å². The van der Waals surface area contributed by atoms with Crippen molar-refractivity contribution < 1.29 is 15.0 Å². The number of primary amides is 1. The maximum Gasteiger partial charge on any atom is 0.254 e. The molecule has 0 radical (unpaired) electrons. The summed E-state index contributed by atoms with van der Waals surface area (Å²) in [5, 5.41) is 39.9. The van der Waals surface area contributed by atoms with Gasteiger partial charge in [0, 0.05) is 18.6 Å². The molecule has 0 aliphatic heterocycles. The number of aromatic hydroxyl groups is 2. The van der Waals surface area contributed by atoms with Crippen LogP contribution in [0.15, 0.2) is 38.8 Å². The van der Waals surface area contributed by atoms with E-state index in [1.807, 2.05) is 0 Å². The summed E-state index contributed by atoms with van der Waals surface area (Å²) >= 11 is 1.05. The summed E-state index contributed by atoms with van der Waals surface area (Å²) in [7, 11) is 1.54. The molecule has 4 N–H and O–H groups in total. The minimum Gasteiger partial charge on any atom is -0.505 e. The van der Waals surface area contributed by atoms with E-state index < -0.39 is 11.7 Å². The van der Waals surface area contributed by atoms with E-state index in [0.717, 1.165) is 11.5 Å². The maximum atomic E-state index is 11.4. The molecule has 0 spiro atoms. The van der Waals surface area contributed by atoms with E-state index in [2.05, 4.69) is 34.9 Å². The number of hydrogen-bond acceptors (Lipinski definition) is 11. The van der Waals surface area contributed by atoms with Crippen LogP contribution in [0.25, 0.3) is 0 Å². The fourth-order valence-electron chi connectivity index (χ4n) is 1.98. The zero-order valence-corrected chi connectivity index (χ0v) is 14.9. The van der Waals surface area contributed by atoms with Crippen LogP contribution in [0.3, 0.4) is 0 Å². The van der Waals surface area contributed by atoms with Crippen LogP contribution in [-0.4, -0.2) is 35.3 Å². The number of amides is 1. The van der Waals surface area contributed by atoms with E-state index in [0.29, 0.717) is 11.0 Å². The Morgan fingerprint density at radius 2 is 2.00 bits per heavy atom. The van der Waals surface area contributed by atoms with E-state index in [9.17, 15) is 15.0 Å². The second-order valence-corrected chi connectivity index (χ2v) is 5.93. The quantitative estimate of drug-likeness (QED) is 0.566. The number of nitrogens with two attached hydrogens (primary N) is 1. The maximum absolute atomic E-state index is 11.4. The fraction of sp³-hybridized carbons (Fsp3) is 0.143. The standard InChI is InChI=1S/C14H13N9O3S/c1-6-17-14(27-22-6)21-18-8-3-4-9(24)10(11(8)25)19-20-13-7(12(15)26)5-16-23(13)2/h3-5,24-25H,1-2H3,(H2,15,26)/b20-19+,21-18+. The summed E-state index contributed by atoms with van der Waals surface area (Å²) in [6, 6.07) is 2.62. The summed E-state index contributed by atoms with van der Waals surface area (Å²) < 4.78 is 5.24. The molecule has 0 fully saturated rings. The summed E-state index contributed by atoms with van der Waals surface area (Å²) in [6.07, 6.45) is 1.24. The molecule has 1 amide bonds. The molecule has 0 atom stereocenters. The third kappa shape index (κ3) is 3.77. The van der Waals surface area contributed by atoms with Gasteiger partial charge >= 0.3 is 0 Å². The molecule has 13 heteroatoms. The third-order valence-corrected chi connectivity index (χ3v) is 3.98. The lowest BCUT2D eigenvalue weighted by Crippen LogP contribution is -2.10. The largest absolute Gasteiger partial charge is 0.505 e. The molecule has 0 unspecified atom stereocenters. The van der Waals surface area contributed by atoms with Crippen molar-refractivity contribution in [2.24, 2.45) is 33.2 Å². The first kappa shape index (κ1) is 18.1. The second kappa shape index (κ2) is 7.25. The average molecular weight is 387 g/mol. The van der Waals surface area contributed by atoms with E-state index in [1.54, 1.807) is 6.92 Å². The SMILES string of the molecule is Cc1nsc(/N=N/c2ccc(O)c(/N=N/c3c(C(N)=O)cnn3C)c2O)n1. The Kier molecular flexibility index (Phi) is 4.85. The minimum absolute atomic E-state index is 0.0368. The summed E-state index contributed by atoms with van der Waals surface area (Å²) in [5.41, 5.74) is 5.07. The lowest BCUT2D eigenvalue weighted by atomic mass is 10.2. The van der Waals surface area contributed by atoms with Crippen molar-refractivity contribution in [3.63, 3.8) is 0 Å². The molecule has 0 saturated carbocycles. The number of nitrogens with zero attached hydrogens (tertiary/aromatic N) is 8. The van der Waals surface area contributed by atoms with E-state index in [4.69, 9.17) is 5.73 Å². The van der Waals surface area contributed by atoms with Crippen molar-refractivity contribution in [2.45, 2.75) is 6.92 Å². The number of phenols is 2. The highest BCUT2D eigenvalue weighted by molar-refractivity contribution is 7.09. The lowest BCUT2D eigenvalue weighted by molar-refractivity contribution is 0.100. The van der Waals surface area contributed by atoms with Crippen LogP contribution in [-0.2, 0) is 7.05 Å². The number of azo groups is 2. The van der Waals surface area contributed by atoms with Gasteiger partial charge in [0.2, 0.25) is 5.13 Å². The monoisotopic (exact) mass is 387 g/mol. The van der Waals surface area contributed by atoms with Crippen LogP contribution < -0.4 is 5.73 Å². The number of benzene rings is 1. The second-order valence-electron chi connectivity index (χ2n) is 5.19. The highest BCUT2D eigenvalue weighted by Gasteiger charge is 2.16. The van der Waals surface area contributed by atoms with Gasteiger partial charge in [-0.2, -0.15) is 9.47 Å². The van der Waals surface area contributed by atoms with Crippen molar-refractivity contribution in [3.05, 3.63) is 29.7 Å². The Hall–Kier alpha value is -3.74. The van der Waals surface area contributed by atoms with Gasteiger partial charge in [-0.05, 0) is 19.1 Å². The number of carbonyl (C=O) groups excluding carboxylic acids is 1. The lowest BCUT2D eigenvalue weighted by Gasteiger charge is -2.03. The number of aromatic nitrogens is 4. The molecule has 0 bridgehead atoms. The van der Waals surface area contributed by atoms with Crippen LogP contribution in [0.2, 0.25) is 0 Å². The topological polar surface area (TPSA) is 177 Å². The number of aryl methyl sites for hydroxylation is 2. The summed E-state index contributed by atoms with van der Waals surface area (Å²) in [6.45, 7) is 1.71. The Morgan fingerprint density at radius 3 is 2.67 bits per heavy atom. The zero-order valence-electron chi connectivity index (χ0n) is 14.1. The molecule has 0 aliphatic carbocycles. The molecule has 0 saturated heterocycles. The molecule has 3 rings (SSSR count). The van der Waals surface area contributed by atoms with Crippen molar-refractivity contribution in [1.82, 2.24) is 19.1 Å². The van der Waals surface area contributed by atoms with Crippen molar-refractivity contribution >= 4 is 39.8 Å². The number of phenolic OH excluding ortho intramolecular Hbond substituents is 2. The molecule has 2 heterocycles. The van der Waals surface area contributed by atoms with Gasteiger partial charge in [0.1, 0.15) is 22.8 Å². The molecular formula is C14H13N9O3S. The van der Waals surface area contributed by atoms with Gasteiger partial charge in [-0.1, -0.05) is 0 Å². The van der Waals surface area contributed by atoms with Crippen LogP contribution in [0, 0.1) is 6.92 Å². The predicted molar refractivity (Wildman–Crippen MR) is 94.5 cm³/mol. The molecule has 3 aromatic rings. The van der Waals surface area contributed by atoms with Gasteiger partial charge in [-0.25, -0.2) is 9.67 Å². The Balaban J connectivity index is 1.96. The number of hydrogen-bond donors (Lipinski definition) is 3. The van der Waals surface area contributed by atoms with Crippen LogP contribution in [0.4, 0.5) is 22.3 Å². The van der Waals surface area contributed by atoms with E-state index in [-0.39, 0.29) is 28.5 Å². The van der Waals surface area contributed by atoms with Gasteiger partial charge in [-0.3, -0.25) is 4.79 Å². The highest BCUT2D eigenvalue weighted by Crippen LogP contribution is 2.44. The zero-order chi connectivity index (χ0) is 19.6. The predicted octanol–water partition coefficient (Wildman–Crippen LogP) is 2.92. The average Bonchev–Trinajstić information content (AvgIpc) is 3.20. The smallest absolute Gasteiger partial charge is 0.254 e. The molecule has 138 valence electrons. The highest BCUT2D eigenvalue weighted by atomic mass is 32.1. The first-order valence-electron chi connectivity index (χ1n) is 7.37. The van der Waals surface area contributed by atoms with Gasteiger partial charge in [-0.15, -0.1) is 20.5 Å². The van der Waals surface area contributed by atoms with Crippen LogP contribution >= 0.6 is 11.5 Å².